The molecule has 0 radical (unpaired) electrons. The van der Waals surface area contributed by atoms with Gasteiger partial charge in [0, 0.05) is 55.1 Å². The van der Waals surface area contributed by atoms with Crippen molar-refractivity contribution in [2.45, 2.75) is 45.2 Å². The predicted molar refractivity (Wildman–Crippen MR) is 151 cm³/mol. The molecule has 0 saturated carbocycles. The molecule has 4 rings (SSSR count). The Kier molecular flexibility index (Phi) is 7.26. The number of likely N-dealkylation sites (N-methyl/N-ethyl adjacent to an activating group) is 2. The summed E-state index contributed by atoms with van der Waals surface area (Å²) in [4.78, 5) is 5.09. The molecule has 0 aliphatic carbocycles. The van der Waals surface area contributed by atoms with Gasteiger partial charge in [-0.05, 0) is 61.4 Å². The maximum Gasteiger partial charge on any atom is 0.108 e. The molecule has 2 aliphatic heterocycles. The van der Waals surface area contributed by atoms with Gasteiger partial charge in [0.15, 0.2) is 0 Å². The molecule has 0 bridgehead atoms. The molecule has 192 valence electrons. The summed E-state index contributed by atoms with van der Waals surface area (Å²) in [6.45, 7) is 11.2. The highest BCUT2D eigenvalue weighted by atomic mass is 15.4. The van der Waals surface area contributed by atoms with Crippen LogP contribution in [0.15, 0.2) is 36.4 Å². The number of rotatable bonds is 8. The predicted octanol–water partition coefficient (Wildman–Crippen LogP) is 3.87. The van der Waals surface area contributed by atoms with Crippen molar-refractivity contribution >= 4 is 22.7 Å². The van der Waals surface area contributed by atoms with Crippen LogP contribution < -0.4 is 21.3 Å². The Morgan fingerprint density at radius 1 is 0.714 bits per heavy atom. The number of anilines is 4. The fraction of sp³-hybridized carbons (Fsp3) is 0.586. The minimum absolute atomic E-state index is 0.680. The van der Waals surface area contributed by atoms with Crippen LogP contribution in [0, 0.1) is 13.8 Å². The second-order valence-corrected chi connectivity index (χ2v) is 12.2. The quantitative estimate of drug-likeness (QED) is 0.445. The van der Waals surface area contributed by atoms with E-state index in [0.29, 0.717) is 12.1 Å². The molecule has 35 heavy (non-hydrogen) atoms. The molecule has 2 atom stereocenters. The molecular formula is C29H48N6+2. The third-order valence-corrected chi connectivity index (χ3v) is 9.01. The van der Waals surface area contributed by atoms with Gasteiger partial charge in [0.2, 0.25) is 0 Å². The zero-order valence-corrected chi connectivity index (χ0v) is 22.9. The Morgan fingerprint density at radius 3 is 1.49 bits per heavy atom. The van der Waals surface area contributed by atoms with Crippen LogP contribution in [0.3, 0.4) is 0 Å². The first kappa shape index (κ1) is 25.6. The molecular weight excluding hydrogens is 432 g/mol. The first-order valence-corrected chi connectivity index (χ1v) is 13.3. The van der Waals surface area contributed by atoms with Crippen molar-refractivity contribution in [1.82, 2.24) is 0 Å². The van der Waals surface area contributed by atoms with Gasteiger partial charge in [0.25, 0.3) is 0 Å². The first-order chi connectivity index (χ1) is 16.5. The summed E-state index contributed by atoms with van der Waals surface area (Å²) in [5.41, 5.74) is 18.8. The normalized spacial score (nSPS) is 21.2. The monoisotopic (exact) mass is 480 g/mol. The van der Waals surface area contributed by atoms with Gasteiger partial charge in [0.1, 0.15) is 12.1 Å². The summed E-state index contributed by atoms with van der Waals surface area (Å²) in [5.74, 6) is 0. The van der Waals surface area contributed by atoms with Crippen LogP contribution in [0.25, 0.3) is 0 Å². The van der Waals surface area contributed by atoms with Gasteiger partial charge in [-0.2, -0.15) is 0 Å². The molecule has 0 aromatic heterocycles. The lowest BCUT2D eigenvalue weighted by Gasteiger charge is -2.39. The smallest absolute Gasteiger partial charge is 0.108 e. The highest BCUT2D eigenvalue weighted by molar-refractivity contribution is 5.59. The second-order valence-electron chi connectivity index (χ2n) is 12.2. The highest BCUT2D eigenvalue weighted by Crippen LogP contribution is 2.30. The van der Waals surface area contributed by atoms with E-state index in [1.165, 1.54) is 54.9 Å². The molecule has 6 nitrogen and oxygen atoms in total. The van der Waals surface area contributed by atoms with Crippen LogP contribution in [-0.2, 0) is 0 Å². The maximum atomic E-state index is 6.04. The number of benzene rings is 2. The van der Waals surface area contributed by atoms with E-state index >= 15 is 0 Å². The molecule has 2 aromatic carbocycles. The summed E-state index contributed by atoms with van der Waals surface area (Å²) in [6.07, 6.45) is 3.77. The molecule has 2 fully saturated rings. The number of quaternary nitrogens is 2. The minimum atomic E-state index is 0.680. The van der Waals surface area contributed by atoms with Crippen molar-refractivity contribution in [1.29, 1.82) is 0 Å². The molecule has 2 unspecified atom stereocenters. The lowest BCUT2D eigenvalue weighted by Crippen LogP contribution is -2.54. The van der Waals surface area contributed by atoms with Crippen LogP contribution in [0.4, 0.5) is 22.7 Å². The number of aryl methyl sites for hydroxylation is 2. The lowest BCUT2D eigenvalue weighted by atomic mass is 10.1. The number of nitrogen functional groups attached to an aromatic ring is 2. The van der Waals surface area contributed by atoms with E-state index in [1.807, 2.05) is 0 Å². The van der Waals surface area contributed by atoms with Crippen molar-refractivity contribution in [3.63, 3.8) is 0 Å². The van der Waals surface area contributed by atoms with E-state index in [-0.39, 0.29) is 0 Å². The van der Waals surface area contributed by atoms with Crippen molar-refractivity contribution < 1.29 is 8.97 Å². The summed E-state index contributed by atoms with van der Waals surface area (Å²) in [6, 6.07) is 14.3. The summed E-state index contributed by atoms with van der Waals surface area (Å²) in [7, 11) is 9.73. The van der Waals surface area contributed by atoms with Gasteiger partial charge in [-0.1, -0.05) is 0 Å². The zero-order valence-electron chi connectivity index (χ0n) is 22.9. The molecule has 0 amide bonds. The van der Waals surface area contributed by atoms with Crippen molar-refractivity contribution in [3.05, 3.63) is 47.5 Å². The zero-order chi connectivity index (χ0) is 25.4. The number of hydrogen-bond donors (Lipinski definition) is 2. The second kappa shape index (κ2) is 9.90. The summed E-state index contributed by atoms with van der Waals surface area (Å²) < 4.78 is 2.21. The van der Waals surface area contributed by atoms with E-state index in [4.69, 9.17) is 11.5 Å². The number of hydrogen-bond acceptors (Lipinski definition) is 4. The fourth-order valence-electron chi connectivity index (χ4n) is 6.06. The summed E-state index contributed by atoms with van der Waals surface area (Å²) in [5, 5.41) is 0. The van der Waals surface area contributed by atoms with Gasteiger partial charge >= 0.3 is 0 Å². The van der Waals surface area contributed by atoms with E-state index in [1.54, 1.807) is 0 Å². The van der Waals surface area contributed by atoms with Gasteiger partial charge in [0.05, 0.1) is 54.4 Å². The van der Waals surface area contributed by atoms with E-state index in [0.717, 1.165) is 46.5 Å². The number of nitrogens with zero attached hydrogens (tertiary/aromatic N) is 4. The molecule has 2 saturated heterocycles. The molecule has 0 spiro atoms. The molecule has 4 N–H and O–H groups in total. The highest BCUT2D eigenvalue weighted by Gasteiger charge is 2.38. The van der Waals surface area contributed by atoms with Crippen LogP contribution >= 0.6 is 0 Å². The molecule has 2 heterocycles. The Bertz CT molecular complexity index is 948. The fourth-order valence-corrected chi connectivity index (χ4v) is 6.06. The summed E-state index contributed by atoms with van der Waals surface area (Å²) >= 11 is 0. The maximum absolute atomic E-state index is 6.04. The average Bonchev–Trinajstić information content (AvgIpc) is 3.48. The SMILES string of the molecule is Cc1cc(N2CCC([N+](C)(C)CCC[N+](C)(C)C3CCN(c4ccc(N)c(C)c4)C3)C2)ccc1N. The molecule has 2 aliphatic rings. The largest absolute Gasteiger partial charge is 0.399 e. The van der Waals surface area contributed by atoms with Crippen LogP contribution in [-0.4, -0.2) is 88.5 Å². The van der Waals surface area contributed by atoms with Crippen molar-refractivity contribution in [3.8, 4) is 0 Å². The van der Waals surface area contributed by atoms with Crippen LogP contribution in [0.2, 0.25) is 0 Å². The minimum Gasteiger partial charge on any atom is -0.399 e. The third kappa shape index (κ3) is 5.70. The van der Waals surface area contributed by atoms with Crippen molar-refractivity contribution in [2.24, 2.45) is 0 Å². The van der Waals surface area contributed by atoms with Gasteiger partial charge in [-0.3, -0.25) is 0 Å². The molecule has 2 aromatic rings. The van der Waals surface area contributed by atoms with E-state index in [9.17, 15) is 0 Å². The Labute approximate surface area is 213 Å². The Morgan fingerprint density at radius 2 is 1.11 bits per heavy atom. The van der Waals surface area contributed by atoms with Crippen LogP contribution in [0.1, 0.15) is 30.4 Å². The lowest BCUT2D eigenvalue weighted by molar-refractivity contribution is -0.930. The van der Waals surface area contributed by atoms with Gasteiger partial charge < -0.3 is 30.2 Å². The van der Waals surface area contributed by atoms with E-state index < -0.39 is 0 Å². The average molecular weight is 481 g/mol. The van der Waals surface area contributed by atoms with Gasteiger partial charge in [-0.25, -0.2) is 0 Å². The third-order valence-electron chi connectivity index (χ3n) is 9.01. The van der Waals surface area contributed by atoms with E-state index in [2.05, 4.69) is 88.2 Å². The standard InChI is InChI=1S/C29H48N6/c1-22-18-24(8-10-28(22)30)32-14-12-26(20-32)34(3,4)16-7-17-35(5,6)27-13-15-33(21-27)25-9-11-29(31)23(2)19-25/h8-11,18-19,26-27H,7,12-17,20-21,30-31H2,1-6H3/q+2. The van der Waals surface area contributed by atoms with Gasteiger partial charge in [-0.15, -0.1) is 0 Å². The Hall–Kier alpha value is -2.44. The van der Waals surface area contributed by atoms with Crippen molar-refractivity contribution in [2.75, 3.05) is 88.7 Å². The Balaban J connectivity index is 1.28. The first-order valence-electron chi connectivity index (χ1n) is 13.3. The van der Waals surface area contributed by atoms with Crippen LogP contribution in [0.5, 0.6) is 0 Å². The number of nitrogens with two attached hydrogens (primary N) is 2. The molecule has 6 heteroatoms. The topological polar surface area (TPSA) is 58.5 Å².